The molecule has 0 aliphatic heterocycles. The zero-order valence-corrected chi connectivity index (χ0v) is 11.1. The predicted molar refractivity (Wildman–Crippen MR) is 73.3 cm³/mol. The van der Waals surface area contributed by atoms with Gasteiger partial charge in [0.15, 0.2) is 0 Å². The molecule has 0 saturated carbocycles. The number of rotatable bonds is 6. The molecular weight excluding hydrogens is 282 g/mol. The lowest BCUT2D eigenvalue weighted by Crippen LogP contribution is -2.15. The third-order valence-corrected chi connectivity index (χ3v) is 3.13. The zero-order valence-electron chi connectivity index (χ0n) is 10.3. The van der Waals surface area contributed by atoms with Gasteiger partial charge in [0.05, 0.1) is 11.5 Å². The second kappa shape index (κ2) is 6.71. The van der Waals surface area contributed by atoms with Gasteiger partial charge in [-0.15, -0.1) is 22.0 Å². The topological polar surface area (TPSA) is 105 Å². The summed E-state index contributed by atoms with van der Waals surface area (Å²) < 4.78 is 5.07. The van der Waals surface area contributed by atoms with Gasteiger partial charge >= 0.3 is 5.97 Å². The molecule has 0 saturated heterocycles. The van der Waals surface area contributed by atoms with Gasteiger partial charge in [-0.25, -0.2) is 0 Å². The Kier molecular flexibility index (Phi) is 4.72. The standard InChI is InChI=1S/C12H11N3O4S/c16-10(5-20-6-11(17)18)14-9-3-1-2-8(4-9)12-15-13-7-19-12/h1-4,7H,5-6H2,(H,14,16)(H,17,18). The first kappa shape index (κ1) is 14.1. The molecule has 2 aromatic rings. The third kappa shape index (κ3) is 4.09. The first-order valence-corrected chi connectivity index (χ1v) is 6.76. The fourth-order valence-electron chi connectivity index (χ4n) is 1.46. The lowest BCUT2D eigenvalue weighted by atomic mass is 10.2. The van der Waals surface area contributed by atoms with Gasteiger partial charge in [0, 0.05) is 11.3 Å². The van der Waals surface area contributed by atoms with Crippen molar-refractivity contribution in [2.75, 3.05) is 16.8 Å². The molecule has 0 radical (unpaired) electrons. The van der Waals surface area contributed by atoms with Gasteiger partial charge in [-0.1, -0.05) is 6.07 Å². The van der Waals surface area contributed by atoms with E-state index in [1.54, 1.807) is 24.3 Å². The van der Waals surface area contributed by atoms with Crippen LogP contribution in [0.15, 0.2) is 35.1 Å². The number of carbonyl (C=O) groups is 2. The van der Waals surface area contributed by atoms with E-state index >= 15 is 0 Å². The summed E-state index contributed by atoms with van der Waals surface area (Å²) in [6.45, 7) is 0. The summed E-state index contributed by atoms with van der Waals surface area (Å²) in [5, 5.41) is 18.5. The Morgan fingerprint density at radius 3 is 2.90 bits per heavy atom. The molecule has 20 heavy (non-hydrogen) atoms. The van der Waals surface area contributed by atoms with Crippen LogP contribution in [-0.2, 0) is 9.59 Å². The summed E-state index contributed by atoms with van der Waals surface area (Å²) in [6.07, 6.45) is 1.23. The van der Waals surface area contributed by atoms with Gasteiger partial charge < -0.3 is 14.8 Å². The fourth-order valence-corrected chi connectivity index (χ4v) is 1.99. The van der Waals surface area contributed by atoms with Gasteiger partial charge in [0.25, 0.3) is 0 Å². The number of aliphatic carboxylic acids is 1. The van der Waals surface area contributed by atoms with Crippen molar-refractivity contribution in [1.82, 2.24) is 10.2 Å². The second-order valence-corrected chi connectivity index (χ2v) is 4.75. The minimum Gasteiger partial charge on any atom is -0.481 e. The van der Waals surface area contributed by atoms with E-state index in [-0.39, 0.29) is 17.4 Å². The van der Waals surface area contributed by atoms with Crippen LogP contribution in [0.2, 0.25) is 0 Å². The van der Waals surface area contributed by atoms with Crippen LogP contribution >= 0.6 is 11.8 Å². The summed E-state index contributed by atoms with van der Waals surface area (Å²) in [4.78, 5) is 22.0. The largest absolute Gasteiger partial charge is 0.481 e. The van der Waals surface area contributed by atoms with Crippen LogP contribution in [0.1, 0.15) is 0 Å². The van der Waals surface area contributed by atoms with E-state index in [1.165, 1.54) is 6.39 Å². The van der Waals surface area contributed by atoms with Crippen LogP contribution in [0.3, 0.4) is 0 Å². The second-order valence-electron chi connectivity index (χ2n) is 3.76. The molecule has 1 aromatic heterocycles. The molecule has 8 heteroatoms. The molecule has 0 spiro atoms. The van der Waals surface area contributed by atoms with Crippen LogP contribution in [0, 0.1) is 0 Å². The van der Waals surface area contributed by atoms with Crippen molar-refractivity contribution in [1.29, 1.82) is 0 Å². The normalized spacial score (nSPS) is 10.2. The quantitative estimate of drug-likeness (QED) is 0.831. The van der Waals surface area contributed by atoms with Crippen molar-refractivity contribution in [3.05, 3.63) is 30.7 Å². The Morgan fingerprint density at radius 1 is 1.35 bits per heavy atom. The number of thioether (sulfide) groups is 1. The summed E-state index contributed by atoms with van der Waals surface area (Å²) in [5.74, 6) is -0.867. The Balaban J connectivity index is 1.94. The minimum atomic E-state index is -0.943. The van der Waals surface area contributed by atoms with Crippen molar-refractivity contribution in [2.24, 2.45) is 0 Å². The Hall–Kier alpha value is -2.35. The highest BCUT2D eigenvalue weighted by molar-refractivity contribution is 8.00. The average Bonchev–Trinajstić information content (AvgIpc) is 2.92. The lowest BCUT2D eigenvalue weighted by Gasteiger charge is -2.05. The van der Waals surface area contributed by atoms with Gasteiger partial charge in [0.2, 0.25) is 18.2 Å². The number of carboxylic acids is 1. The number of nitrogens with zero attached hydrogens (tertiary/aromatic N) is 2. The highest BCUT2D eigenvalue weighted by Gasteiger charge is 2.07. The monoisotopic (exact) mass is 293 g/mol. The van der Waals surface area contributed by atoms with Crippen molar-refractivity contribution in [3.63, 3.8) is 0 Å². The molecule has 0 bridgehead atoms. The van der Waals surface area contributed by atoms with Crippen LogP contribution in [0.4, 0.5) is 5.69 Å². The predicted octanol–water partition coefficient (Wildman–Crippen LogP) is 1.49. The van der Waals surface area contributed by atoms with E-state index in [1.807, 2.05) is 0 Å². The Bertz CT molecular complexity index is 601. The number of amides is 1. The summed E-state index contributed by atoms with van der Waals surface area (Å²) in [6, 6.07) is 6.95. The fraction of sp³-hybridized carbons (Fsp3) is 0.167. The maximum absolute atomic E-state index is 11.6. The van der Waals surface area contributed by atoms with Gasteiger partial charge in [-0.05, 0) is 18.2 Å². The van der Waals surface area contributed by atoms with Crippen LogP contribution in [-0.4, -0.2) is 38.7 Å². The molecule has 0 aliphatic rings. The highest BCUT2D eigenvalue weighted by atomic mass is 32.2. The number of carboxylic acid groups (broad SMARTS) is 1. The van der Waals surface area contributed by atoms with E-state index in [9.17, 15) is 9.59 Å². The van der Waals surface area contributed by atoms with Crippen molar-refractivity contribution < 1.29 is 19.1 Å². The molecule has 1 aromatic carbocycles. The first-order valence-electron chi connectivity index (χ1n) is 5.61. The van der Waals surface area contributed by atoms with Crippen molar-refractivity contribution in [3.8, 4) is 11.5 Å². The van der Waals surface area contributed by atoms with E-state index in [0.717, 1.165) is 11.8 Å². The highest BCUT2D eigenvalue weighted by Crippen LogP contribution is 2.20. The van der Waals surface area contributed by atoms with E-state index in [2.05, 4.69) is 15.5 Å². The van der Waals surface area contributed by atoms with E-state index in [0.29, 0.717) is 17.1 Å². The Labute approximate surface area is 118 Å². The lowest BCUT2D eigenvalue weighted by molar-refractivity contribution is -0.133. The summed E-state index contributed by atoms with van der Waals surface area (Å²) in [5.41, 5.74) is 1.28. The minimum absolute atomic E-state index is 0.0804. The molecule has 0 atom stereocenters. The third-order valence-electron chi connectivity index (χ3n) is 2.21. The number of aromatic nitrogens is 2. The molecular formula is C12H11N3O4S. The molecule has 0 unspecified atom stereocenters. The maximum Gasteiger partial charge on any atom is 0.313 e. The Morgan fingerprint density at radius 2 is 2.20 bits per heavy atom. The molecule has 7 nitrogen and oxygen atoms in total. The molecule has 104 valence electrons. The number of carbonyl (C=O) groups excluding carboxylic acids is 1. The smallest absolute Gasteiger partial charge is 0.313 e. The number of hydrogen-bond donors (Lipinski definition) is 2. The van der Waals surface area contributed by atoms with Gasteiger partial charge in [-0.2, -0.15) is 0 Å². The summed E-state index contributed by atoms with van der Waals surface area (Å²) >= 11 is 1.04. The molecule has 1 amide bonds. The zero-order chi connectivity index (χ0) is 14.4. The van der Waals surface area contributed by atoms with Crippen molar-refractivity contribution in [2.45, 2.75) is 0 Å². The van der Waals surface area contributed by atoms with Crippen molar-refractivity contribution >= 4 is 29.3 Å². The molecule has 0 aliphatic carbocycles. The van der Waals surface area contributed by atoms with Crippen LogP contribution < -0.4 is 5.32 Å². The van der Waals surface area contributed by atoms with Crippen LogP contribution in [0.5, 0.6) is 0 Å². The number of hydrogen-bond acceptors (Lipinski definition) is 6. The number of nitrogens with one attached hydrogen (secondary N) is 1. The van der Waals surface area contributed by atoms with Gasteiger partial charge in [0.1, 0.15) is 0 Å². The molecule has 1 heterocycles. The van der Waals surface area contributed by atoms with Gasteiger partial charge in [-0.3, -0.25) is 9.59 Å². The first-order chi connectivity index (χ1) is 9.65. The SMILES string of the molecule is O=C(O)CSCC(=O)Nc1cccc(-c2nnco2)c1. The molecule has 0 fully saturated rings. The average molecular weight is 293 g/mol. The molecule has 2 N–H and O–H groups in total. The maximum atomic E-state index is 11.6. The summed E-state index contributed by atoms with van der Waals surface area (Å²) in [7, 11) is 0. The van der Waals surface area contributed by atoms with E-state index < -0.39 is 5.97 Å². The molecule has 2 rings (SSSR count). The van der Waals surface area contributed by atoms with E-state index in [4.69, 9.17) is 9.52 Å². The number of benzene rings is 1. The van der Waals surface area contributed by atoms with Crippen LogP contribution in [0.25, 0.3) is 11.5 Å². The number of anilines is 1.